The molecule has 1 aromatic carbocycles. The third-order valence-electron chi connectivity index (χ3n) is 5.71. The summed E-state index contributed by atoms with van der Waals surface area (Å²) in [5.41, 5.74) is 10.1. The number of aromatic amines is 2. The van der Waals surface area contributed by atoms with Gasteiger partial charge >= 0.3 is 0 Å². The zero-order valence-electron chi connectivity index (χ0n) is 16.6. The van der Waals surface area contributed by atoms with Crippen molar-refractivity contribution in [3.63, 3.8) is 0 Å². The number of halogens is 1. The maximum absolute atomic E-state index is 12.1. The SMILES string of the molecule is CCCCSN1CCC(c2c[nH]c3c(C(N)=O)cc(-c4ccc(Cl)[nH]4)cc23)CC1. The van der Waals surface area contributed by atoms with E-state index in [0.29, 0.717) is 16.6 Å². The molecule has 0 aliphatic carbocycles. The minimum absolute atomic E-state index is 0.426. The highest BCUT2D eigenvalue weighted by molar-refractivity contribution is 7.97. The van der Waals surface area contributed by atoms with Gasteiger partial charge in [0.2, 0.25) is 0 Å². The molecule has 3 aromatic rings. The van der Waals surface area contributed by atoms with Crippen LogP contribution in [0.5, 0.6) is 0 Å². The van der Waals surface area contributed by atoms with E-state index in [2.05, 4.69) is 33.5 Å². The molecule has 0 radical (unpaired) electrons. The Bertz CT molecular complexity index is 1000. The van der Waals surface area contributed by atoms with Crippen molar-refractivity contribution in [2.24, 2.45) is 5.73 Å². The summed E-state index contributed by atoms with van der Waals surface area (Å²) in [6.07, 6.45) is 6.82. The molecule has 1 saturated heterocycles. The Hall–Kier alpha value is -1.89. The van der Waals surface area contributed by atoms with Crippen molar-refractivity contribution < 1.29 is 4.79 Å². The number of nitrogens with two attached hydrogens (primary N) is 1. The summed E-state index contributed by atoms with van der Waals surface area (Å²) in [5.74, 6) is 1.26. The van der Waals surface area contributed by atoms with Gasteiger partial charge in [-0.3, -0.25) is 9.10 Å². The number of H-pyrrole nitrogens is 2. The van der Waals surface area contributed by atoms with Gasteiger partial charge in [-0.25, -0.2) is 0 Å². The number of carbonyl (C=O) groups excluding carboxylic acids is 1. The van der Waals surface area contributed by atoms with Gasteiger partial charge in [0, 0.05) is 36.1 Å². The van der Waals surface area contributed by atoms with Crippen LogP contribution in [0.15, 0.2) is 30.5 Å². The Morgan fingerprint density at radius 2 is 2.10 bits per heavy atom. The number of hydrogen-bond acceptors (Lipinski definition) is 3. The molecule has 0 atom stereocenters. The molecule has 0 saturated carbocycles. The smallest absolute Gasteiger partial charge is 0.250 e. The second kappa shape index (κ2) is 8.86. The molecule has 1 aliphatic rings. The van der Waals surface area contributed by atoms with Crippen molar-refractivity contribution >= 4 is 40.4 Å². The summed E-state index contributed by atoms with van der Waals surface area (Å²) in [6, 6.07) is 7.71. The van der Waals surface area contributed by atoms with Crippen LogP contribution in [0.1, 0.15) is 54.4 Å². The molecule has 1 aliphatic heterocycles. The van der Waals surface area contributed by atoms with Crippen molar-refractivity contribution in [3.8, 4) is 11.3 Å². The number of primary amides is 1. The van der Waals surface area contributed by atoms with Crippen LogP contribution < -0.4 is 5.73 Å². The van der Waals surface area contributed by atoms with Crippen molar-refractivity contribution in [1.82, 2.24) is 14.3 Å². The van der Waals surface area contributed by atoms with Crippen molar-refractivity contribution in [2.75, 3.05) is 18.8 Å². The van der Waals surface area contributed by atoms with E-state index >= 15 is 0 Å². The van der Waals surface area contributed by atoms with E-state index in [-0.39, 0.29) is 0 Å². The van der Waals surface area contributed by atoms with Crippen LogP contribution >= 0.6 is 23.5 Å². The van der Waals surface area contributed by atoms with Gasteiger partial charge in [0.1, 0.15) is 5.15 Å². The Balaban J connectivity index is 1.62. The Labute approximate surface area is 180 Å². The number of nitrogens with zero attached hydrogens (tertiary/aromatic N) is 1. The number of hydrogen-bond donors (Lipinski definition) is 3. The largest absolute Gasteiger partial charge is 0.366 e. The van der Waals surface area contributed by atoms with Crippen LogP contribution in [-0.2, 0) is 0 Å². The minimum atomic E-state index is -0.426. The highest BCUT2D eigenvalue weighted by atomic mass is 35.5. The lowest BCUT2D eigenvalue weighted by atomic mass is 9.89. The second-order valence-corrected chi connectivity index (χ2v) is 9.25. The van der Waals surface area contributed by atoms with E-state index in [1.165, 1.54) is 24.2 Å². The summed E-state index contributed by atoms with van der Waals surface area (Å²) in [4.78, 5) is 18.6. The minimum Gasteiger partial charge on any atom is -0.366 e. The number of nitrogens with one attached hydrogen (secondary N) is 2. The van der Waals surface area contributed by atoms with E-state index in [9.17, 15) is 4.79 Å². The van der Waals surface area contributed by atoms with E-state index < -0.39 is 5.91 Å². The number of fused-ring (bicyclic) bond motifs is 1. The molecule has 1 amide bonds. The normalized spacial score (nSPS) is 15.9. The highest BCUT2D eigenvalue weighted by Gasteiger charge is 2.24. The molecular formula is C22H27ClN4OS. The third-order valence-corrected chi connectivity index (χ3v) is 7.14. The molecule has 7 heteroatoms. The molecule has 0 bridgehead atoms. The summed E-state index contributed by atoms with van der Waals surface area (Å²) >= 11 is 8.04. The first-order valence-corrected chi connectivity index (χ1v) is 11.6. The van der Waals surface area contributed by atoms with Crippen LogP contribution in [0.25, 0.3) is 22.2 Å². The van der Waals surface area contributed by atoms with Gasteiger partial charge in [0.05, 0.1) is 11.1 Å². The van der Waals surface area contributed by atoms with Gasteiger partial charge in [0.25, 0.3) is 5.91 Å². The molecule has 0 spiro atoms. The maximum Gasteiger partial charge on any atom is 0.250 e. The predicted molar refractivity (Wildman–Crippen MR) is 123 cm³/mol. The lowest BCUT2D eigenvalue weighted by Crippen LogP contribution is -2.27. The number of piperidine rings is 1. The lowest BCUT2D eigenvalue weighted by molar-refractivity contribution is 0.100. The maximum atomic E-state index is 12.1. The Morgan fingerprint density at radius 1 is 1.31 bits per heavy atom. The predicted octanol–water partition coefficient (Wildman–Crippen LogP) is 5.54. The second-order valence-electron chi connectivity index (χ2n) is 7.66. The van der Waals surface area contributed by atoms with Gasteiger partial charge < -0.3 is 15.7 Å². The van der Waals surface area contributed by atoms with Crippen molar-refractivity contribution in [1.29, 1.82) is 0 Å². The van der Waals surface area contributed by atoms with Crippen LogP contribution in [-0.4, -0.2) is 39.0 Å². The summed E-state index contributed by atoms with van der Waals surface area (Å²) in [5, 5.41) is 1.65. The van der Waals surface area contributed by atoms with E-state index in [1.54, 1.807) is 0 Å². The zero-order chi connectivity index (χ0) is 20.4. The molecule has 3 heterocycles. The van der Waals surface area contributed by atoms with Crippen LogP contribution in [0.4, 0.5) is 0 Å². The fourth-order valence-corrected chi connectivity index (χ4v) is 5.42. The number of benzene rings is 1. The fraction of sp³-hybridized carbons (Fsp3) is 0.409. The Morgan fingerprint density at radius 3 is 2.76 bits per heavy atom. The van der Waals surface area contributed by atoms with Gasteiger partial charge in [-0.15, -0.1) is 0 Å². The van der Waals surface area contributed by atoms with Crippen LogP contribution in [0.2, 0.25) is 5.15 Å². The zero-order valence-corrected chi connectivity index (χ0v) is 18.2. The number of aromatic nitrogens is 2. The van der Waals surface area contributed by atoms with Gasteiger partial charge in [-0.05, 0) is 60.6 Å². The molecular weight excluding hydrogens is 404 g/mol. The van der Waals surface area contributed by atoms with Gasteiger partial charge in [-0.1, -0.05) is 36.9 Å². The fourth-order valence-electron chi connectivity index (χ4n) is 4.11. The average molecular weight is 431 g/mol. The van der Waals surface area contributed by atoms with Crippen LogP contribution in [0, 0.1) is 0 Å². The third kappa shape index (κ3) is 4.34. The lowest BCUT2D eigenvalue weighted by Gasteiger charge is -2.31. The first-order chi connectivity index (χ1) is 14.1. The highest BCUT2D eigenvalue weighted by Crippen LogP contribution is 2.37. The summed E-state index contributed by atoms with van der Waals surface area (Å²) in [6.45, 7) is 4.43. The monoisotopic (exact) mass is 430 g/mol. The van der Waals surface area contributed by atoms with Gasteiger partial charge in [-0.2, -0.15) is 0 Å². The molecule has 29 heavy (non-hydrogen) atoms. The number of amides is 1. The summed E-state index contributed by atoms with van der Waals surface area (Å²) in [7, 11) is 0. The quantitative estimate of drug-likeness (QED) is 0.340. The number of unbranched alkanes of at least 4 members (excludes halogenated alkanes) is 1. The topological polar surface area (TPSA) is 77.9 Å². The summed E-state index contributed by atoms with van der Waals surface area (Å²) < 4.78 is 2.50. The van der Waals surface area contributed by atoms with E-state index in [4.69, 9.17) is 17.3 Å². The molecule has 1 fully saturated rings. The van der Waals surface area contributed by atoms with E-state index in [0.717, 1.165) is 48.1 Å². The van der Waals surface area contributed by atoms with Crippen molar-refractivity contribution in [2.45, 2.75) is 38.5 Å². The average Bonchev–Trinajstić information content (AvgIpc) is 3.34. The molecule has 5 nitrogen and oxygen atoms in total. The molecule has 154 valence electrons. The number of rotatable bonds is 7. The van der Waals surface area contributed by atoms with Crippen molar-refractivity contribution in [3.05, 3.63) is 46.7 Å². The van der Waals surface area contributed by atoms with E-state index in [1.807, 2.05) is 30.1 Å². The first-order valence-electron chi connectivity index (χ1n) is 10.2. The Kier molecular flexibility index (Phi) is 6.23. The standard InChI is InChI=1S/C22H27ClN4OS/c1-2-3-10-29-27-8-6-14(7-9-27)18-13-25-21-16(18)11-15(12-17(21)22(24)28)19-4-5-20(23)26-19/h4-5,11-14,25-26H,2-3,6-10H2,1H3,(H2,24,28). The molecule has 4 rings (SSSR count). The van der Waals surface area contributed by atoms with Crippen LogP contribution in [0.3, 0.4) is 0 Å². The number of carbonyl (C=O) groups is 1. The first kappa shape index (κ1) is 20.4. The molecule has 2 aromatic heterocycles. The van der Waals surface area contributed by atoms with Gasteiger partial charge in [0.15, 0.2) is 0 Å². The molecule has 0 unspecified atom stereocenters. The molecule has 4 N–H and O–H groups in total.